The largest absolute Gasteiger partial charge is 0.394 e. The van der Waals surface area contributed by atoms with Gasteiger partial charge in [0.2, 0.25) is 5.91 Å². The maximum atomic E-state index is 13.6. The summed E-state index contributed by atoms with van der Waals surface area (Å²) in [6, 6.07) is 8.84. The second-order valence-corrected chi connectivity index (χ2v) is 10.2. The van der Waals surface area contributed by atoms with Gasteiger partial charge in [-0.25, -0.2) is 0 Å². The van der Waals surface area contributed by atoms with Gasteiger partial charge in [-0.3, -0.25) is 19.4 Å². The number of aliphatic hydroxyl groups is 1. The van der Waals surface area contributed by atoms with Crippen LogP contribution in [-0.2, 0) is 24.2 Å². The molecule has 2 aliphatic rings. The summed E-state index contributed by atoms with van der Waals surface area (Å²) in [5.41, 5.74) is 5.39. The SMILES string of the molecule is CCc1n[nH]c(CC)c1-c1ccc(NC(=O)C(NC(=O)c2ccnn2CCO)C(C2CC2)C2CC2)cc1. The molecule has 3 aromatic rings. The molecule has 2 aromatic heterocycles. The number of H-pyrrole nitrogens is 1. The molecule has 2 aliphatic carbocycles. The molecule has 2 heterocycles. The monoisotopic (exact) mass is 504 g/mol. The van der Waals surface area contributed by atoms with Gasteiger partial charge in [-0.15, -0.1) is 0 Å². The number of aromatic nitrogens is 4. The van der Waals surface area contributed by atoms with Crippen LogP contribution in [0.4, 0.5) is 5.69 Å². The van der Waals surface area contributed by atoms with Crippen LogP contribution in [0.1, 0.15) is 61.4 Å². The number of nitrogens with zero attached hydrogens (tertiary/aromatic N) is 3. The Labute approximate surface area is 217 Å². The number of benzene rings is 1. The number of nitrogens with one attached hydrogen (secondary N) is 3. The fourth-order valence-corrected chi connectivity index (χ4v) is 5.46. The summed E-state index contributed by atoms with van der Waals surface area (Å²) in [7, 11) is 0. The highest BCUT2D eigenvalue weighted by atomic mass is 16.3. The first-order valence-corrected chi connectivity index (χ1v) is 13.4. The molecule has 1 aromatic carbocycles. The average Bonchev–Trinajstić information content (AvgIpc) is 3.84. The number of aryl methyl sites for hydroxylation is 2. The van der Waals surface area contributed by atoms with Crippen molar-refractivity contribution in [3.63, 3.8) is 0 Å². The summed E-state index contributed by atoms with van der Waals surface area (Å²) in [5, 5.41) is 27.1. The Morgan fingerprint density at radius 1 is 1.08 bits per heavy atom. The van der Waals surface area contributed by atoms with Crippen molar-refractivity contribution in [2.45, 2.75) is 65.0 Å². The van der Waals surface area contributed by atoms with Crippen LogP contribution in [0.5, 0.6) is 0 Å². The number of aromatic amines is 1. The van der Waals surface area contributed by atoms with Crippen LogP contribution in [0.2, 0.25) is 0 Å². The Morgan fingerprint density at radius 3 is 2.38 bits per heavy atom. The fourth-order valence-electron chi connectivity index (χ4n) is 5.46. The van der Waals surface area contributed by atoms with Crippen LogP contribution in [0, 0.1) is 17.8 Å². The number of carbonyl (C=O) groups excluding carboxylic acids is 2. The van der Waals surface area contributed by atoms with E-state index in [-0.39, 0.29) is 30.9 Å². The molecule has 4 N–H and O–H groups in total. The summed E-state index contributed by atoms with van der Waals surface area (Å²) in [6.07, 6.45) is 7.64. The quantitative estimate of drug-likeness (QED) is 0.300. The topological polar surface area (TPSA) is 125 Å². The minimum absolute atomic E-state index is 0.118. The summed E-state index contributed by atoms with van der Waals surface area (Å²) < 4.78 is 1.47. The number of hydrogen-bond acceptors (Lipinski definition) is 5. The molecule has 37 heavy (non-hydrogen) atoms. The summed E-state index contributed by atoms with van der Waals surface area (Å²) >= 11 is 0. The highest BCUT2D eigenvalue weighted by molar-refractivity contribution is 6.01. The van der Waals surface area contributed by atoms with Gasteiger partial charge in [-0.05, 0) is 80.0 Å². The molecule has 2 amide bonds. The molecular formula is C28H36N6O3. The highest BCUT2D eigenvalue weighted by Crippen LogP contribution is 2.51. The second kappa shape index (κ2) is 10.9. The Morgan fingerprint density at radius 2 is 1.78 bits per heavy atom. The van der Waals surface area contributed by atoms with Crippen LogP contribution >= 0.6 is 0 Å². The van der Waals surface area contributed by atoms with Gasteiger partial charge in [0.1, 0.15) is 11.7 Å². The van der Waals surface area contributed by atoms with Gasteiger partial charge in [0.15, 0.2) is 0 Å². The molecule has 1 atom stereocenters. The molecule has 196 valence electrons. The van der Waals surface area contributed by atoms with E-state index in [0.29, 0.717) is 23.2 Å². The molecule has 2 saturated carbocycles. The number of amides is 2. The Hall–Kier alpha value is -3.46. The third kappa shape index (κ3) is 5.46. The van der Waals surface area contributed by atoms with Gasteiger partial charge >= 0.3 is 0 Å². The van der Waals surface area contributed by atoms with E-state index >= 15 is 0 Å². The first kappa shape index (κ1) is 25.2. The van der Waals surface area contributed by atoms with Gasteiger partial charge in [0, 0.05) is 23.1 Å². The Kier molecular flexibility index (Phi) is 7.41. The van der Waals surface area contributed by atoms with Crippen molar-refractivity contribution in [1.29, 1.82) is 0 Å². The van der Waals surface area contributed by atoms with E-state index < -0.39 is 6.04 Å². The molecule has 0 bridgehead atoms. The lowest BCUT2D eigenvalue weighted by molar-refractivity contribution is -0.119. The second-order valence-electron chi connectivity index (χ2n) is 10.2. The van der Waals surface area contributed by atoms with Crippen molar-refractivity contribution < 1.29 is 14.7 Å². The smallest absolute Gasteiger partial charge is 0.270 e. The lowest BCUT2D eigenvalue weighted by atomic mass is 9.88. The lowest BCUT2D eigenvalue weighted by Gasteiger charge is -2.27. The van der Waals surface area contributed by atoms with Crippen molar-refractivity contribution in [3.8, 4) is 11.1 Å². The van der Waals surface area contributed by atoms with E-state index in [4.69, 9.17) is 0 Å². The molecule has 0 aliphatic heterocycles. The van der Waals surface area contributed by atoms with Gasteiger partial charge in [0.25, 0.3) is 5.91 Å². The summed E-state index contributed by atoms with van der Waals surface area (Å²) in [6.45, 7) is 4.30. The highest BCUT2D eigenvalue weighted by Gasteiger charge is 2.48. The molecular weight excluding hydrogens is 468 g/mol. The predicted octanol–water partition coefficient (Wildman–Crippen LogP) is 3.56. The lowest BCUT2D eigenvalue weighted by Crippen LogP contribution is -2.50. The zero-order chi connectivity index (χ0) is 25.9. The van der Waals surface area contributed by atoms with Crippen molar-refractivity contribution in [3.05, 3.63) is 53.6 Å². The maximum absolute atomic E-state index is 13.6. The number of rotatable bonds is 12. The zero-order valence-corrected chi connectivity index (χ0v) is 21.5. The van der Waals surface area contributed by atoms with Gasteiger partial charge in [-0.1, -0.05) is 26.0 Å². The molecule has 9 heteroatoms. The van der Waals surface area contributed by atoms with E-state index in [2.05, 4.69) is 39.8 Å². The van der Waals surface area contributed by atoms with E-state index in [0.717, 1.165) is 61.0 Å². The maximum Gasteiger partial charge on any atom is 0.270 e. The normalized spacial score (nSPS) is 16.1. The number of aliphatic hydroxyl groups excluding tert-OH is 1. The Bertz CT molecular complexity index is 1210. The van der Waals surface area contributed by atoms with Crippen LogP contribution < -0.4 is 10.6 Å². The summed E-state index contributed by atoms with van der Waals surface area (Å²) in [5.74, 6) is 0.531. The molecule has 0 radical (unpaired) electrons. The molecule has 0 spiro atoms. The molecule has 9 nitrogen and oxygen atoms in total. The molecule has 5 rings (SSSR count). The standard InChI is InChI=1S/C28H36N6O3/c1-3-21-25(22(4-2)33-32-21)19-9-11-20(12-10-19)30-28(37)26(24(17-5-6-17)18-7-8-18)31-27(36)23-13-14-29-34(23)15-16-35/h9-14,17-18,24,26,35H,3-8,15-16H2,1-2H3,(H,30,37)(H,31,36)(H,32,33). The van der Waals surface area contributed by atoms with Crippen molar-refractivity contribution >= 4 is 17.5 Å². The minimum atomic E-state index is -0.628. The predicted molar refractivity (Wildman–Crippen MR) is 141 cm³/mol. The van der Waals surface area contributed by atoms with Crippen molar-refractivity contribution in [2.24, 2.45) is 17.8 Å². The van der Waals surface area contributed by atoms with E-state index in [1.54, 1.807) is 6.07 Å². The van der Waals surface area contributed by atoms with E-state index in [1.807, 2.05) is 24.3 Å². The third-order valence-electron chi connectivity index (χ3n) is 7.59. The van der Waals surface area contributed by atoms with Crippen LogP contribution in [0.15, 0.2) is 36.5 Å². The number of carbonyl (C=O) groups is 2. The van der Waals surface area contributed by atoms with Crippen LogP contribution in [0.25, 0.3) is 11.1 Å². The van der Waals surface area contributed by atoms with E-state index in [1.165, 1.54) is 10.9 Å². The minimum Gasteiger partial charge on any atom is -0.394 e. The van der Waals surface area contributed by atoms with Crippen molar-refractivity contribution in [2.75, 3.05) is 11.9 Å². The van der Waals surface area contributed by atoms with E-state index in [9.17, 15) is 14.7 Å². The van der Waals surface area contributed by atoms with Gasteiger partial charge in [0.05, 0.1) is 18.8 Å². The van der Waals surface area contributed by atoms with Crippen LogP contribution in [-0.4, -0.2) is 49.5 Å². The summed E-state index contributed by atoms with van der Waals surface area (Å²) in [4.78, 5) is 26.9. The molecule has 1 unspecified atom stereocenters. The third-order valence-corrected chi connectivity index (χ3v) is 7.59. The molecule has 0 saturated heterocycles. The first-order valence-electron chi connectivity index (χ1n) is 13.4. The Balaban J connectivity index is 1.35. The first-order chi connectivity index (χ1) is 18.0. The van der Waals surface area contributed by atoms with Crippen LogP contribution in [0.3, 0.4) is 0 Å². The number of anilines is 1. The van der Waals surface area contributed by atoms with Gasteiger partial charge < -0.3 is 15.7 Å². The average molecular weight is 505 g/mol. The zero-order valence-electron chi connectivity index (χ0n) is 21.5. The van der Waals surface area contributed by atoms with Crippen molar-refractivity contribution in [1.82, 2.24) is 25.3 Å². The van der Waals surface area contributed by atoms with Gasteiger partial charge in [-0.2, -0.15) is 10.2 Å². The molecule has 2 fully saturated rings. The number of hydrogen-bond donors (Lipinski definition) is 4. The fraction of sp³-hybridized carbons (Fsp3) is 0.500.